The lowest BCUT2D eigenvalue weighted by atomic mass is 9.95. The molecule has 0 bridgehead atoms. The van der Waals surface area contributed by atoms with Gasteiger partial charge in [-0.2, -0.15) is 4.98 Å². The van der Waals surface area contributed by atoms with Crippen LogP contribution in [0.2, 0.25) is 0 Å². The second-order valence-electron chi connectivity index (χ2n) is 4.80. The van der Waals surface area contributed by atoms with E-state index in [1.54, 1.807) is 0 Å². The summed E-state index contributed by atoms with van der Waals surface area (Å²) in [7, 11) is 0. The minimum Gasteiger partial charge on any atom is -0.481 e. The predicted octanol–water partition coefficient (Wildman–Crippen LogP) is 1.32. The zero-order valence-electron chi connectivity index (χ0n) is 10.6. The molecule has 2 rings (SSSR count). The first-order chi connectivity index (χ1) is 8.67. The Kier molecular flexibility index (Phi) is 4.30. The summed E-state index contributed by atoms with van der Waals surface area (Å²) >= 11 is 0. The highest BCUT2D eigenvalue weighted by molar-refractivity contribution is 5.67. The lowest BCUT2D eigenvalue weighted by Crippen LogP contribution is -2.35. The molecule has 0 saturated carbocycles. The standard InChI is InChI=1S/C12H19N3O3/c1-2-10-13-11(18-14-10)8-15-5-3-4-9(7-15)6-12(16)17/h9H,2-8H2,1H3,(H,16,17). The minimum atomic E-state index is -0.715. The molecule has 1 aliphatic heterocycles. The van der Waals surface area contributed by atoms with Crippen molar-refractivity contribution in [1.29, 1.82) is 0 Å². The van der Waals surface area contributed by atoms with E-state index in [0.717, 1.165) is 38.2 Å². The van der Waals surface area contributed by atoms with Gasteiger partial charge in [-0.15, -0.1) is 0 Å². The fourth-order valence-corrected chi connectivity index (χ4v) is 2.40. The molecule has 1 aromatic heterocycles. The molecule has 18 heavy (non-hydrogen) atoms. The van der Waals surface area contributed by atoms with E-state index in [4.69, 9.17) is 9.63 Å². The Morgan fingerprint density at radius 1 is 1.61 bits per heavy atom. The van der Waals surface area contributed by atoms with Crippen molar-refractivity contribution in [2.24, 2.45) is 5.92 Å². The van der Waals surface area contributed by atoms with Crippen molar-refractivity contribution in [2.75, 3.05) is 13.1 Å². The molecule has 0 radical (unpaired) electrons. The largest absolute Gasteiger partial charge is 0.481 e. The third-order valence-electron chi connectivity index (χ3n) is 3.25. The van der Waals surface area contributed by atoms with Gasteiger partial charge in [0.05, 0.1) is 6.54 Å². The van der Waals surface area contributed by atoms with Gasteiger partial charge < -0.3 is 9.63 Å². The number of nitrogens with zero attached hydrogens (tertiary/aromatic N) is 3. The number of carbonyl (C=O) groups is 1. The Balaban J connectivity index is 1.87. The van der Waals surface area contributed by atoms with Crippen LogP contribution in [0.4, 0.5) is 0 Å². The fourth-order valence-electron chi connectivity index (χ4n) is 2.40. The van der Waals surface area contributed by atoms with Crippen molar-refractivity contribution < 1.29 is 14.4 Å². The van der Waals surface area contributed by atoms with Crippen molar-refractivity contribution in [3.8, 4) is 0 Å². The summed E-state index contributed by atoms with van der Waals surface area (Å²) in [5, 5.41) is 12.7. The van der Waals surface area contributed by atoms with Crippen LogP contribution in [-0.2, 0) is 17.8 Å². The van der Waals surface area contributed by atoms with Gasteiger partial charge in [0.25, 0.3) is 0 Å². The summed E-state index contributed by atoms with van der Waals surface area (Å²) in [6, 6.07) is 0. The summed E-state index contributed by atoms with van der Waals surface area (Å²) in [4.78, 5) is 17.2. The zero-order valence-corrected chi connectivity index (χ0v) is 10.6. The highest BCUT2D eigenvalue weighted by Gasteiger charge is 2.23. The zero-order chi connectivity index (χ0) is 13.0. The van der Waals surface area contributed by atoms with Crippen molar-refractivity contribution in [2.45, 2.75) is 39.2 Å². The van der Waals surface area contributed by atoms with Crippen LogP contribution in [-0.4, -0.2) is 39.2 Å². The first-order valence-corrected chi connectivity index (χ1v) is 6.43. The Labute approximate surface area is 106 Å². The smallest absolute Gasteiger partial charge is 0.303 e. The molecule has 1 aromatic rings. The molecule has 1 aliphatic rings. The Morgan fingerprint density at radius 2 is 2.44 bits per heavy atom. The van der Waals surface area contributed by atoms with Crippen LogP contribution >= 0.6 is 0 Å². The summed E-state index contributed by atoms with van der Waals surface area (Å²) < 4.78 is 5.16. The number of likely N-dealkylation sites (tertiary alicyclic amines) is 1. The number of aryl methyl sites for hydroxylation is 1. The summed E-state index contributed by atoms with van der Waals surface area (Å²) in [6.07, 6.45) is 3.05. The maximum atomic E-state index is 10.7. The van der Waals surface area contributed by atoms with Crippen LogP contribution < -0.4 is 0 Å². The number of carboxylic acid groups (broad SMARTS) is 1. The summed E-state index contributed by atoms with van der Waals surface area (Å²) in [5.41, 5.74) is 0. The topological polar surface area (TPSA) is 79.5 Å². The Hall–Kier alpha value is -1.43. The highest BCUT2D eigenvalue weighted by Crippen LogP contribution is 2.20. The van der Waals surface area contributed by atoms with E-state index in [1.807, 2.05) is 6.92 Å². The fraction of sp³-hybridized carbons (Fsp3) is 0.750. The molecule has 6 nitrogen and oxygen atoms in total. The van der Waals surface area contributed by atoms with Crippen molar-refractivity contribution in [1.82, 2.24) is 15.0 Å². The molecule has 1 atom stereocenters. The number of carboxylic acids is 1. The second-order valence-corrected chi connectivity index (χ2v) is 4.80. The van der Waals surface area contributed by atoms with Crippen LogP contribution in [0.5, 0.6) is 0 Å². The van der Waals surface area contributed by atoms with E-state index >= 15 is 0 Å². The van der Waals surface area contributed by atoms with Gasteiger partial charge in [0.15, 0.2) is 5.82 Å². The number of aromatic nitrogens is 2. The molecule has 100 valence electrons. The van der Waals surface area contributed by atoms with Crippen LogP contribution in [0, 0.1) is 5.92 Å². The van der Waals surface area contributed by atoms with E-state index in [2.05, 4.69) is 15.0 Å². The van der Waals surface area contributed by atoms with Gasteiger partial charge in [-0.3, -0.25) is 9.69 Å². The van der Waals surface area contributed by atoms with Gasteiger partial charge in [0.2, 0.25) is 5.89 Å². The SMILES string of the molecule is CCc1noc(CN2CCCC(CC(=O)O)C2)n1. The van der Waals surface area contributed by atoms with E-state index in [0.29, 0.717) is 12.4 Å². The molecule has 1 saturated heterocycles. The third kappa shape index (κ3) is 3.53. The van der Waals surface area contributed by atoms with Crippen LogP contribution in [0.1, 0.15) is 37.9 Å². The molecule has 1 N–H and O–H groups in total. The molecule has 6 heteroatoms. The van der Waals surface area contributed by atoms with Gasteiger partial charge in [-0.1, -0.05) is 12.1 Å². The van der Waals surface area contributed by atoms with Crippen LogP contribution in [0.15, 0.2) is 4.52 Å². The van der Waals surface area contributed by atoms with Gasteiger partial charge in [-0.25, -0.2) is 0 Å². The van der Waals surface area contributed by atoms with Gasteiger partial charge >= 0.3 is 5.97 Å². The third-order valence-corrected chi connectivity index (χ3v) is 3.25. The van der Waals surface area contributed by atoms with Gasteiger partial charge in [0.1, 0.15) is 0 Å². The molecule has 1 fully saturated rings. The second kappa shape index (κ2) is 5.95. The molecule has 0 amide bonds. The van der Waals surface area contributed by atoms with Crippen LogP contribution in [0.25, 0.3) is 0 Å². The maximum Gasteiger partial charge on any atom is 0.303 e. The van der Waals surface area contributed by atoms with Crippen molar-refractivity contribution in [3.63, 3.8) is 0 Å². The average molecular weight is 253 g/mol. The van der Waals surface area contributed by atoms with Gasteiger partial charge in [-0.05, 0) is 25.3 Å². The predicted molar refractivity (Wildman–Crippen MR) is 63.9 cm³/mol. The molecule has 0 spiro atoms. The van der Waals surface area contributed by atoms with Crippen LogP contribution in [0.3, 0.4) is 0 Å². The molecule has 1 unspecified atom stereocenters. The van der Waals surface area contributed by atoms with Gasteiger partial charge in [0, 0.05) is 19.4 Å². The highest BCUT2D eigenvalue weighted by atomic mass is 16.5. The van der Waals surface area contributed by atoms with Crippen molar-refractivity contribution >= 4 is 5.97 Å². The molecule has 0 aromatic carbocycles. The summed E-state index contributed by atoms with van der Waals surface area (Å²) in [6.45, 7) is 4.39. The van der Waals surface area contributed by atoms with E-state index < -0.39 is 5.97 Å². The molecule has 2 heterocycles. The molecular weight excluding hydrogens is 234 g/mol. The number of hydrogen-bond donors (Lipinski definition) is 1. The lowest BCUT2D eigenvalue weighted by molar-refractivity contribution is -0.138. The average Bonchev–Trinajstić information content (AvgIpc) is 2.76. The number of piperidine rings is 1. The quantitative estimate of drug-likeness (QED) is 0.852. The Morgan fingerprint density at radius 3 is 3.11 bits per heavy atom. The van der Waals surface area contributed by atoms with E-state index in [-0.39, 0.29) is 12.3 Å². The Bertz CT molecular complexity index is 405. The number of rotatable bonds is 5. The minimum absolute atomic E-state index is 0.241. The molecular formula is C12H19N3O3. The number of hydrogen-bond acceptors (Lipinski definition) is 5. The van der Waals surface area contributed by atoms with Crippen molar-refractivity contribution in [3.05, 3.63) is 11.7 Å². The molecule has 0 aliphatic carbocycles. The monoisotopic (exact) mass is 253 g/mol. The lowest BCUT2D eigenvalue weighted by Gasteiger charge is -2.30. The first kappa shape index (κ1) is 13.0. The maximum absolute atomic E-state index is 10.7. The number of aliphatic carboxylic acids is 1. The normalized spacial score (nSPS) is 21.1. The van der Waals surface area contributed by atoms with E-state index in [9.17, 15) is 4.79 Å². The first-order valence-electron chi connectivity index (χ1n) is 6.43. The van der Waals surface area contributed by atoms with E-state index in [1.165, 1.54) is 0 Å². The summed E-state index contributed by atoms with van der Waals surface area (Å²) in [5.74, 6) is 0.879.